The average Bonchev–Trinajstić information content (AvgIpc) is 2.93. The lowest BCUT2D eigenvalue weighted by Crippen LogP contribution is -2.12. The van der Waals surface area contributed by atoms with E-state index in [9.17, 15) is 4.39 Å². The molecule has 0 spiro atoms. The first-order valence-corrected chi connectivity index (χ1v) is 8.32. The second kappa shape index (κ2) is 7.09. The van der Waals surface area contributed by atoms with Crippen LogP contribution in [0, 0.1) is 5.82 Å². The van der Waals surface area contributed by atoms with Crippen LogP contribution in [0.3, 0.4) is 0 Å². The number of hydrogen-bond donors (Lipinski definition) is 3. The molecule has 0 aliphatic rings. The maximum absolute atomic E-state index is 13.9. The SMILES string of the molecule is C=C(CNC)c1cc(F)c(N)nc1Nc1cnc2c(c1)c(CC)nn2C. The number of anilines is 3. The third kappa shape index (κ3) is 3.23. The van der Waals surface area contributed by atoms with Crippen LogP contribution >= 0.6 is 0 Å². The molecular formula is C18H22FN7. The molecule has 3 heterocycles. The van der Waals surface area contributed by atoms with Gasteiger partial charge < -0.3 is 16.4 Å². The van der Waals surface area contributed by atoms with Crippen molar-refractivity contribution in [1.82, 2.24) is 25.1 Å². The van der Waals surface area contributed by atoms with E-state index >= 15 is 0 Å². The third-order valence-electron chi connectivity index (χ3n) is 4.13. The monoisotopic (exact) mass is 355 g/mol. The molecule has 0 saturated carbocycles. The van der Waals surface area contributed by atoms with E-state index in [1.807, 2.05) is 20.0 Å². The van der Waals surface area contributed by atoms with Gasteiger partial charge >= 0.3 is 0 Å². The average molecular weight is 355 g/mol. The number of nitrogens with one attached hydrogen (secondary N) is 2. The Morgan fingerprint density at radius 2 is 2.15 bits per heavy atom. The van der Waals surface area contributed by atoms with Crippen molar-refractivity contribution in [3.05, 3.63) is 42.0 Å². The third-order valence-corrected chi connectivity index (χ3v) is 4.13. The van der Waals surface area contributed by atoms with Crippen molar-refractivity contribution >= 4 is 33.9 Å². The molecule has 26 heavy (non-hydrogen) atoms. The molecular weight excluding hydrogens is 333 g/mol. The Kier molecular flexibility index (Phi) is 4.85. The number of likely N-dealkylation sites (N-methyl/N-ethyl adjacent to an activating group) is 1. The second-order valence-corrected chi connectivity index (χ2v) is 6.03. The standard InChI is InChI=1S/C18H22FN7/c1-5-15-13-6-11(9-22-18(13)26(4)25-15)23-17-12(10(2)8-21-3)7-14(19)16(20)24-17/h6-7,9,21H,2,5,8H2,1,3-4H3,(H3,20,23,24). The Morgan fingerprint density at radius 3 is 2.85 bits per heavy atom. The van der Waals surface area contributed by atoms with Crippen LogP contribution in [0.2, 0.25) is 0 Å². The molecule has 0 atom stereocenters. The molecule has 0 aliphatic carbocycles. The van der Waals surface area contributed by atoms with Gasteiger partial charge in [-0.1, -0.05) is 13.5 Å². The number of nitrogens with two attached hydrogens (primary N) is 1. The first kappa shape index (κ1) is 17.8. The highest BCUT2D eigenvalue weighted by Crippen LogP contribution is 2.28. The minimum Gasteiger partial charge on any atom is -0.381 e. The lowest BCUT2D eigenvalue weighted by molar-refractivity contribution is 0.627. The number of nitrogens with zero attached hydrogens (tertiary/aromatic N) is 4. The Balaban J connectivity index is 2.04. The van der Waals surface area contributed by atoms with E-state index in [0.717, 1.165) is 28.8 Å². The van der Waals surface area contributed by atoms with Crippen LogP contribution in [0.1, 0.15) is 18.2 Å². The molecule has 0 radical (unpaired) electrons. The minimum absolute atomic E-state index is 0.168. The van der Waals surface area contributed by atoms with E-state index in [0.29, 0.717) is 23.5 Å². The van der Waals surface area contributed by atoms with E-state index in [4.69, 9.17) is 5.73 Å². The van der Waals surface area contributed by atoms with E-state index in [2.05, 4.69) is 32.3 Å². The highest BCUT2D eigenvalue weighted by molar-refractivity contribution is 5.84. The summed E-state index contributed by atoms with van der Waals surface area (Å²) in [6.45, 7) is 6.53. The molecule has 4 N–H and O–H groups in total. The summed E-state index contributed by atoms with van der Waals surface area (Å²) >= 11 is 0. The molecule has 136 valence electrons. The lowest BCUT2D eigenvalue weighted by Gasteiger charge is -2.14. The predicted molar refractivity (Wildman–Crippen MR) is 103 cm³/mol. The van der Waals surface area contributed by atoms with E-state index in [1.54, 1.807) is 17.9 Å². The first-order valence-electron chi connectivity index (χ1n) is 8.32. The Bertz CT molecular complexity index is 977. The summed E-state index contributed by atoms with van der Waals surface area (Å²) in [5.41, 5.74) is 9.41. The topological polar surface area (TPSA) is 93.7 Å². The molecule has 0 amide bonds. The number of halogens is 1. The zero-order valence-electron chi connectivity index (χ0n) is 15.1. The molecule has 0 aromatic carbocycles. The Hall–Kier alpha value is -3.00. The number of aryl methyl sites for hydroxylation is 2. The molecule has 3 aromatic heterocycles. The fourth-order valence-corrected chi connectivity index (χ4v) is 2.85. The van der Waals surface area contributed by atoms with Gasteiger partial charge in [-0.3, -0.25) is 4.68 Å². The van der Waals surface area contributed by atoms with Crippen molar-refractivity contribution in [3.8, 4) is 0 Å². The molecule has 7 nitrogen and oxygen atoms in total. The fourth-order valence-electron chi connectivity index (χ4n) is 2.85. The van der Waals surface area contributed by atoms with Gasteiger partial charge in [-0.15, -0.1) is 0 Å². The number of aromatic nitrogens is 4. The summed E-state index contributed by atoms with van der Waals surface area (Å²) in [5, 5.41) is 11.6. The van der Waals surface area contributed by atoms with Crippen LogP contribution in [-0.2, 0) is 13.5 Å². The molecule has 0 bridgehead atoms. The summed E-state index contributed by atoms with van der Waals surface area (Å²) < 4.78 is 15.7. The van der Waals surface area contributed by atoms with Gasteiger partial charge in [0.25, 0.3) is 0 Å². The van der Waals surface area contributed by atoms with Crippen molar-refractivity contribution in [3.63, 3.8) is 0 Å². The number of fused-ring (bicyclic) bond motifs is 1. The maximum atomic E-state index is 13.9. The maximum Gasteiger partial charge on any atom is 0.166 e. The molecule has 3 aromatic rings. The van der Waals surface area contributed by atoms with E-state index < -0.39 is 5.82 Å². The van der Waals surface area contributed by atoms with Crippen molar-refractivity contribution in [2.24, 2.45) is 7.05 Å². The van der Waals surface area contributed by atoms with Crippen LogP contribution in [0.4, 0.5) is 21.7 Å². The van der Waals surface area contributed by atoms with Crippen LogP contribution in [0.5, 0.6) is 0 Å². The summed E-state index contributed by atoms with van der Waals surface area (Å²) in [4.78, 5) is 8.62. The number of nitrogen functional groups attached to an aromatic ring is 1. The quantitative estimate of drug-likeness (QED) is 0.629. The van der Waals surface area contributed by atoms with Crippen molar-refractivity contribution in [2.75, 3.05) is 24.6 Å². The summed E-state index contributed by atoms with van der Waals surface area (Å²) in [5.74, 6) is -0.303. The van der Waals surface area contributed by atoms with Gasteiger partial charge in [-0.25, -0.2) is 14.4 Å². The Morgan fingerprint density at radius 1 is 1.38 bits per heavy atom. The van der Waals surface area contributed by atoms with Gasteiger partial charge in [0.05, 0.1) is 17.6 Å². The van der Waals surface area contributed by atoms with E-state index in [1.165, 1.54) is 6.07 Å². The minimum atomic E-state index is -0.572. The first-order chi connectivity index (χ1) is 12.4. The highest BCUT2D eigenvalue weighted by atomic mass is 19.1. The second-order valence-electron chi connectivity index (χ2n) is 6.03. The summed E-state index contributed by atoms with van der Waals surface area (Å²) in [6, 6.07) is 3.30. The summed E-state index contributed by atoms with van der Waals surface area (Å²) in [7, 11) is 3.66. The summed E-state index contributed by atoms with van der Waals surface area (Å²) in [6.07, 6.45) is 2.49. The van der Waals surface area contributed by atoms with E-state index in [-0.39, 0.29) is 5.82 Å². The van der Waals surface area contributed by atoms with Gasteiger partial charge in [0.1, 0.15) is 5.82 Å². The van der Waals surface area contributed by atoms with Crippen LogP contribution in [0.15, 0.2) is 24.9 Å². The van der Waals surface area contributed by atoms with Crippen molar-refractivity contribution < 1.29 is 4.39 Å². The lowest BCUT2D eigenvalue weighted by atomic mass is 10.1. The molecule has 0 aliphatic heterocycles. The molecule has 0 unspecified atom stereocenters. The van der Waals surface area contributed by atoms with Crippen LogP contribution in [-0.4, -0.2) is 33.3 Å². The number of pyridine rings is 2. The van der Waals surface area contributed by atoms with Crippen LogP contribution in [0.25, 0.3) is 16.6 Å². The molecule has 3 rings (SSSR count). The predicted octanol–water partition coefficient (Wildman–Crippen LogP) is 2.62. The largest absolute Gasteiger partial charge is 0.381 e. The van der Waals surface area contributed by atoms with Gasteiger partial charge in [0.2, 0.25) is 0 Å². The van der Waals surface area contributed by atoms with Crippen molar-refractivity contribution in [1.29, 1.82) is 0 Å². The highest BCUT2D eigenvalue weighted by Gasteiger charge is 2.14. The number of hydrogen-bond acceptors (Lipinski definition) is 6. The fraction of sp³-hybridized carbons (Fsp3) is 0.278. The van der Waals surface area contributed by atoms with Gasteiger partial charge in [0.15, 0.2) is 17.3 Å². The zero-order chi connectivity index (χ0) is 18.8. The number of rotatable bonds is 6. The Labute approximate surface area is 151 Å². The molecule has 0 saturated heterocycles. The van der Waals surface area contributed by atoms with Gasteiger partial charge in [-0.05, 0) is 31.2 Å². The normalized spacial score (nSPS) is 11.1. The van der Waals surface area contributed by atoms with Gasteiger partial charge in [0, 0.05) is 24.5 Å². The van der Waals surface area contributed by atoms with Crippen molar-refractivity contribution in [2.45, 2.75) is 13.3 Å². The molecule has 8 heteroatoms. The van der Waals surface area contributed by atoms with Gasteiger partial charge in [-0.2, -0.15) is 5.10 Å². The zero-order valence-corrected chi connectivity index (χ0v) is 15.1. The smallest absolute Gasteiger partial charge is 0.166 e. The van der Waals surface area contributed by atoms with Crippen LogP contribution < -0.4 is 16.4 Å². The molecule has 0 fully saturated rings.